The minimum Gasteiger partial charge on any atom is -0.497 e. The van der Waals surface area contributed by atoms with Gasteiger partial charge in [0, 0.05) is 12.1 Å². The van der Waals surface area contributed by atoms with Gasteiger partial charge >= 0.3 is 0 Å². The SMILES string of the molecule is COc1ccc(-c2nc(NC(=O)C=Cc3ccco3)n[nH]2)c(OC)c1. The van der Waals surface area contributed by atoms with Crippen molar-refractivity contribution in [1.29, 1.82) is 0 Å². The number of carbonyl (C=O) groups is 1. The fraction of sp³-hybridized carbons (Fsp3) is 0.118. The minimum atomic E-state index is -0.372. The molecule has 0 bridgehead atoms. The highest BCUT2D eigenvalue weighted by atomic mass is 16.5. The van der Waals surface area contributed by atoms with Gasteiger partial charge < -0.3 is 13.9 Å². The van der Waals surface area contributed by atoms with Gasteiger partial charge in [0.15, 0.2) is 5.82 Å². The third-order valence-corrected chi connectivity index (χ3v) is 3.33. The molecular formula is C17H16N4O4. The molecule has 128 valence electrons. The molecule has 0 saturated heterocycles. The van der Waals surface area contributed by atoms with E-state index in [0.717, 1.165) is 0 Å². The predicted molar refractivity (Wildman–Crippen MR) is 91.3 cm³/mol. The van der Waals surface area contributed by atoms with E-state index in [-0.39, 0.29) is 11.9 Å². The van der Waals surface area contributed by atoms with Gasteiger partial charge in [-0.25, -0.2) is 0 Å². The maximum absolute atomic E-state index is 11.9. The summed E-state index contributed by atoms with van der Waals surface area (Å²) in [6.45, 7) is 0. The number of nitrogens with one attached hydrogen (secondary N) is 2. The topological polar surface area (TPSA) is 102 Å². The molecular weight excluding hydrogens is 324 g/mol. The molecule has 0 aliphatic heterocycles. The van der Waals surface area contributed by atoms with Gasteiger partial charge in [0.05, 0.1) is 26.0 Å². The average Bonchev–Trinajstić information content (AvgIpc) is 3.31. The fourth-order valence-corrected chi connectivity index (χ4v) is 2.13. The van der Waals surface area contributed by atoms with Gasteiger partial charge in [0.25, 0.3) is 5.91 Å². The first-order valence-corrected chi connectivity index (χ1v) is 7.37. The highest BCUT2D eigenvalue weighted by molar-refractivity contribution is 6.00. The number of rotatable bonds is 6. The van der Waals surface area contributed by atoms with Crippen molar-refractivity contribution in [3.8, 4) is 22.9 Å². The van der Waals surface area contributed by atoms with Crippen molar-refractivity contribution in [3.63, 3.8) is 0 Å². The van der Waals surface area contributed by atoms with E-state index < -0.39 is 0 Å². The Labute approximate surface area is 143 Å². The molecule has 2 N–H and O–H groups in total. The molecule has 0 aliphatic carbocycles. The molecule has 3 aromatic rings. The van der Waals surface area contributed by atoms with Crippen LogP contribution in [0.4, 0.5) is 5.95 Å². The molecule has 2 heterocycles. The first kappa shape index (κ1) is 16.3. The normalized spacial score (nSPS) is 10.8. The summed E-state index contributed by atoms with van der Waals surface area (Å²) in [7, 11) is 3.13. The summed E-state index contributed by atoms with van der Waals surface area (Å²) in [5.41, 5.74) is 0.697. The Morgan fingerprint density at radius 2 is 2.16 bits per heavy atom. The zero-order chi connectivity index (χ0) is 17.6. The lowest BCUT2D eigenvalue weighted by Gasteiger charge is -2.07. The lowest BCUT2D eigenvalue weighted by atomic mass is 10.2. The van der Waals surface area contributed by atoms with Crippen molar-refractivity contribution < 1.29 is 18.7 Å². The van der Waals surface area contributed by atoms with Crippen molar-refractivity contribution in [2.75, 3.05) is 19.5 Å². The highest BCUT2D eigenvalue weighted by Crippen LogP contribution is 2.31. The van der Waals surface area contributed by atoms with E-state index in [1.165, 1.54) is 12.3 Å². The predicted octanol–water partition coefficient (Wildman–Crippen LogP) is 2.73. The molecule has 25 heavy (non-hydrogen) atoms. The molecule has 1 amide bonds. The number of aromatic amines is 1. The van der Waals surface area contributed by atoms with E-state index in [0.29, 0.717) is 28.6 Å². The standard InChI is InChI=1S/C17H16N4O4/c1-23-12-5-7-13(14(10-12)24-2)16-19-17(21-20-16)18-15(22)8-6-11-4-3-9-25-11/h3-10H,1-2H3,(H2,18,19,20,21,22). The van der Waals surface area contributed by atoms with Crippen molar-refractivity contribution >= 4 is 17.9 Å². The summed E-state index contributed by atoms with van der Waals surface area (Å²) in [4.78, 5) is 16.1. The Bertz CT molecular complexity index is 884. The third kappa shape index (κ3) is 3.86. The van der Waals surface area contributed by atoms with Gasteiger partial charge in [-0.1, -0.05) is 0 Å². The number of carbonyl (C=O) groups excluding carboxylic acids is 1. The molecule has 0 unspecified atom stereocenters. The van der Waals surface area contributed by atoms with Crippen LogP contribution in [0.15, 0.2) is 47.1 Å². The van der Waals surface area contributed by atoms with Gasteiger partial charge in [-0.05, 0) is 30.3 Å². The number of methoxy groups -OCH3 is 2. The number of anilines is 1. The first-order valence-electron chi connectivity index (χ1n) is 7.37. The third-order valence-electron chi connectivity index (χ3n) is 3.33. The van der Waals surface area contributed by atoms with Gasteiger partial charge in [-0.2, -0.15) is 4.98 Å². The zero-order valence-electron chi connectivity index (χ0n) is 13.6. The lowest BCUT2D eigenvalue weighted by molar-refractivity contribution is -0.111. The molecule has 1 aromatic carbocycles. The lowest BCUT2D eigenvalue weighted by Crippen LogP contribution is -2.09. The largest absolute Gasteiger partial charge is 0.497 e. The smallest absolute Gasteiger partial charge is 0.250 e. The average molecular weight is 340 g/mol. The summed E-state index contributed by atoms with van der Waals surface area (Å²) >= 11 is 0. The van der Waals surface area contributed by atoms with Crippen LogP contribution in [-0.2, 0) is 4.79 Å². The van der Waals surface area contributed by atoms with E-state index >= 15 is 0 Å². The van der Waals surface area contributed by atoms with Crippen molar-refractivity contribution in [2.24, 2.45) is 0 Å². The summed E-state index contributed by atoms with van der Waals surface area (Å²) in [6.07, 6.45) is 4.42. The maximum atomic E-state index is 11.9. The Morgan fingerprint density at radius 1 is 1.28 bits per heavy atom. The zero-order valence-corrected chi connectivity index (χ0v) is 13.6. The second-order valence-corrected chi connectivity index (χ2v) is 4.91. The van der Waals surface area contributed by atoms with Crippen LogP contribution in [-0.4, -0.2) is 35.3 Å². The van der Waals surface area contributed by atoms with E-state index in [1.54, 1.807) is 50.6 Å². The second-order valence-electron chi connectivity index (χ2n) is 4.91. The first-order chi connectivity index (χ1) is 12.2. The Balaban J connectivity index is 1.73. The summed E-state index contributed by atoms with van der Waals surface area (Å²) in [5, 5.41) is 9.32. The van der Waals surface area contributed by atoms with Gasteiger partial charge in [-0.3, -0.25) is 15.2 Å². The van der Waals surface area contributed by atoms with Crippen molar-refractivity contribution in [2.45, 2.75) is 0 Å². The number of ether oxygens (including phenoxy) is 2. The number of amides is 1. The molecule has 0 aliphatic rings. The second kappa shape index (κ2) is 7.35. The summed E-state index contributed by atoms with van der Waals surface area (Å²) in [6, 6.07) is 8.79. The molecule has 0 radical (unpaired) electrons. The summed E-state index contributed by atoms with van der Waals surface area (Å²) in [5.74, 6) is 2.06. The number of aromatic nitrogens is 3. The monoisotopic (exact) mass is 340 g/mol. The van der Waals surface area contributed by atoms with Crippen LogP contribution in [0.3, 0.4) is 0 Å². The fourth-order valence-electron chi connectivity index (χ4n) is 2.13. The van der Waals surface area contributed by atoms with Crippen LogP contribution in [0.2, 0.25) is 0 Å². The van der Waals surface area contributed by atoms with Gasteiger partial charge in [-0.15, -0.1) is 5.10 Å². The Morgan fingerprint density at radius 3 is 2.88 bits per heavy atom. The quantitative estimate of drug-likeness (QED) is 0.669. The number of hydrogen-bond acceptors (Lipinski definition) is 6. The maximum Gasteiger partial charge on any atom is 0.250 e. The van der Waals surface area contributed by atoms with Crippen LogP contribution >= 0.6 is 0 Å². The Hall–Kier alpha value is -3.55. The molecule has 0 saturated carbocycles. The molecule has 8 heteroatoms. The Kier molecular flexibility index (Phi) is 4.79. The van der Waals surface area contributed by atoms with E-state index in [4.69, 9.17) is 13.9 Å². The van der Waals surface area contributed by atoms with E-state index in [2.05, 4.69) is 20.5 Å². The van der Waals surface area contributed by atoms with Crippen LogP contribution in [0.25, 0.3) is 17.5 Å². The number of hydrogen-bond donors (Lipinski definition) is 2. The number of H-pyrrole nitrogens is 1. The molecule has 0 atom stereocenters. The minimum absolute atomic E-state index is 0.155. The van der Waals surface area contributed by atoms with Crippen molar-refractivity contribution in [3.05, 3.63) is 48.4 Å². The number of nitrogens with zero attached hydrogens (tertiary/aromatic N) is 2. The molecule has 8 nitrogen and oxygen atoms in total. The van der Waals surface area contributed by atoms with Crippen LogP contribution in [0.1, 0.15) is 5.76 Å². The summed E-state index contributed by atoms with van der Waals surface area (Å²) < 4.78 is 15.6. The highest BCUT2D eigenvalue weighted by Gasteiger charge is 2.13. The molecule has 0 fully saturated rings. The van der Waals surface area contributed by atoms with Gasteiger partial charge in [0.1, 0.15) is 17.3 Å². The molecule has 2 aromatic heterocycles. The molecule has 3 rings (SSSR count). The van der Waals surface area contributed by atoms with E-state index in [1.807, 2.05) is 0 Å². The van der Waals surface area contributed by atoms with E-state index in [9.17, 15) is 4.79 Å². The van der Waals surface area contributed by atoms with Crippen LogP contribution in [0.5, 0.6) is 11.5 Å². The molecule has 0 spiro atoms. The van der Waals surface area contributed by atoms with Crippen LogP contribution < -0.4 is 14.8 Å². The van der Waals surface area contributed by atoms with Crippen molar-refractivity contribution in [1.82, 2.24) is 15.2 Å². The number of furan rings is 1. The number of benzene rings is 1. The van der Waals surface area contributed by atoms with Gasteiger partial charge in [0.2, 0.25) is 5.95 Å². The van der Waals surface area contributed by atoms with Crippen LogP contribution in [0, 0.1) is 0 Å².